The van der Waals surface area contributed by atoms with Crippen LogP contribution in [0.1, 0.15) is 0 Å². The maximum Gasteiger partial charge on any atom is 0.0540 e. The van der Waals surface area contributed by atoms with E-state index in [1.54, 1.807) is 0 Å². The molecule has 0 atom stereocenters. The van der Waals surface area contributed by atoms with Crippen molar-refractivity contribution >= 4 is 70.1 Å². The third kappa shape index (κ3) is 4.38. The SMILES string of the molecule is c1ccc(-c2ccc(N(c3ccccc3)c3ccc(-c4cccc5ccc6sc7ccccc7c6c45)cc3)c3ccccc23)cc1. The topological polar surface area (TPSA) is 3.24 Å². The maximum atomic E-state index is 2.38. The molecule has 1 aromatic heterocycles. The van der Waals surface area contributed by atoms with E-state index in [2.05, 4.69) is 181 Å². The normalized spacial score (nSPS) is 11.5. The molecular weight excluding hydrogens is 575 g/mol. The molecule has 1 heterocycles. The van der Waals surface area contributed by atoms with Gasteiger partial charge in [-0.25, -0.2) is 0 Å². The molecule has 1 nitrogen and oxygen atoms in total. The minimum atomic E-state index is 1.12. The first-order valence-corrected chi connectivity index (χ1v) is 16.5. The first kappa shape index (κ1) is 26.7. The summed E-state index contributed by atoms with van der Waals surface area (Å²) in [7, 11) is 0. The fourth-order valence-corrected chi connectivity index (χ4v) is 8.09. The predicted molar refractivity (Wildman–Crippen MR) is 200 cm³/mol. The van der Waals surface area contributed by atoms with Gasteiger partial charge in [0, 0.05) is 36.9 Å². The van der Waals surface area contributed by atoms with Gasteiger partial charge in [-0.3, -0.25) is 0 Å². The summed E-state index contributed by atoms with van der Waals surface area (Å²) in [5, 5.41) is 7.75. The summed E-state index contributed by atoms with van der Waals surface area (Å²) in [4.78, 5) is 2.38. The van der Waals surface area contributed by atoms with Crippen LogP contribution in [0, 0.1) is 0 Å². The zero-order valence-electron chi connectivity index (χ0n) is 25.1. The number of para-hydroxylation sites is 1. The van der Waals surface area contributed by atoms with Gasteiger partial charge < -0.3 is 4.90 Å². The van der Waals surface area contributed by atoms with Gasteiger partial charge in [0.15, 0.2) is 0 Å². The van der Waals surface area contributed by atoms with E-state index in [4.69, 9.17) is 0 Å². The van der Waals surface area contributed by atoms with Gasteiger partial charge in [0.25, 0.3) is 0 Å². The molecule has 9 aromatic rings. The van der Waals surface area contributed by atoms with Crippen molar-refractivity contribution in [2.45, 2.75) is 0 Å². The van der Waals surface area contributed by atoms with Gasteiger partial charge in [-0.2, -0.15) is 0 Å². The van der Waals surface area contributed by atoms with Crippen LogP contribution in [0.15, 0.2) is 176 Å². The standard InChI is InChI=1S/C44H29NS/c1-3-12-30(13-4-1)35-27-28-40(38-18-8-7-17-37(35)38)45(33-15-5-2-6-16-33)34-25-22-31(23-26-34)36-20-11-14-32-24-29-42-44(43(32)36)39-19-9-10-21-41(39)46-42/h1-29H. The molecule has 9 rings (SSSR count). The Balaban J connectivity index is 1.22. The van der Waals surface area contributed by atoms with Crippen molar-refractivity contribution in [3.8, 4) is 22.3 Å². The third-order valence-corrected chi connectivity index (χ3v) is 10.2. The lowest BCUT2D eigenvalue weighted by molar-refractivity contribution is 1.30. The minimum Gasteiger partial charge on any atom is -0.310 e. The molecule has 216 valence electrons. The molecule has 0 aliphatic heterocycles. The molecule has 46 heavy (non-hydrogen) atoms. The Hall–Kier alpha value is -5.70. The molecule has 0 aliphatic carbocycles. The number of fused-ring (bicyclic) bond motifs is 6. The van der Waals surface area contributed by atoms with Gasteiger partial charge in [0.2, 0.25) is 0 Å². The molecule has 0 unspecified atom stereocenters. The largest absolute Gasteiger partial charge is 0.310 e. The quantitative estimate of drug-likeness (QED) is 0.189. The minimum absolute atomic E-state index is 1.12. The highest BCUT2D eigenvalue weighted by Gasteiger charge is 2.18. The molecule has 0 N–H and O–H groups in total. The summed E-state index contributed by atoms with van der Waals surface area (Å²) in [5.41, 5.74) is 8.36. The Labute approximate surface area is 272 Å². The van der Waals surface area contributed by atoms with E-state index < -0.39 is 0 Å². The van der Waals surface area contributed by atoms with Crippen LogP contribution < -0.4 is 4.90 Å². The summed E-state index contributed by atoms with van der Waals surface area (Å²) in [6, 6.07) is 63.8. The van der Waals surface area contributed by atoms with E-state index in [9.17, 15) is 0 Å². The predicted octanol–water partition coefficient (Wildman–Crippen LogP) is 13.2. The Morgan fingerprint density at radius 2 is 1.00 bits per heavy atom. The number of thiophene rings is 1. The van der Waals surface area contributed by atoms with Crippen LogP contribution in [0.3, 0.4) is 0 Å². The molecule has 0 aliphatic rings. The Bertz CT molecular complexity index is 2510. The second-order valence-electron chi connectivity index (χ2n) is 11.7. The second kappa shape index (κ2) is 11.0. The zero-order chi connectivity index (χ0) is 30.5. The summed E-state index contributed by atoms with van der Waals surface area (Å²) in [6.07, 6.45) is 0. The third-order valence-electron chi connectivity index (χ3n) is 9.06. The smallest absolute Gasteiger partial charge is 0.0540 e. The Morgan fingerprint density at radius 1 is 0.348 bits per heavy atom. The van der Waals surface area contributed by atoms with Gasteiger partial charge in [0.1, 0.15) is 0 Å². The van der Waals surface area contributed by atoms with Crippen molar-refractivity contribution in [1.29, 1.82) is 0 Å². The van der Waals surface area contributed by atoms with Crippen molar-refractivity contribution in [3.63, 3.8) is 0 Å². The van der Waals surface area contributed by atoms with Crippen LogP contribution in [-0.2, 0) is 0 Å². The number of rotatable bonds is 5. The molecular formula is C44H29NS. The van der Waals surface area contributed by atoms with Crippen molar-refractivity contribution < 1.29 is 0 Å². The molecule has 0 bridgehead atoms. The average Bonchev–Trinajstić information content (AvgIpc) is 3.52. The van der Waals surface area contributed by atoms with E-state index in [1.807, 2.05) is 11.3 Å². The fourth-order valence-electron chi connectivity index (χ4n) is 6.98. The van der Waals surface area contributed by atoms with E-state index in [0.29, 0.717) is 0 Å². The van der Waals surface area contributed by atoms with E-state index in [-0.39, 0.29) is 0 Å². The highest BCUT2D eigenvalue weighted by Crippen LogP contribution is 2.44. The lowest BCUT2D eigenvalue weighted by atomic mass is 9.94. The van der Waals surface area contributed by atoms with Gasteiger partial charge in [-0.15, -0.1) is 11.3 Å². The van der Waals surface area contributed by atoms with Crippen LogP contribution in [-0.4, -0.2) is 0 Å². The monoisotopic (exact) mass is 603 g/mol. The van der Waals surface area contributed by atoms with E-state index in [0.717, 1.165) is 17.1 Å². The lowest BCUT2D eigenvalue weighted by Gasteiger charge is -2.27. The van der Waals surface area contributed by atoms with Crippen LogP contribution in [0.25, 0.3) is 64.0 Å². The summed E-state index contributed by atoms with van der Waals surface area (Å²) < 4.78 is 2.66. The molecule has 0 saturated carbocycles. The fraction of sp³-hybridized carbons (Fsp3) is 0. The highest BCUT2D eigenvalue weighted by atomic mass is 32.1. The van der Waals surface area contributed by atoms with Crippen LogP contribution in [0.5, 0.6) is 0 Å². The number of nitrogens with zero attached hydrogens (tertiary/aromatic N) is 1. The van der Waals surface area contributed by atoms with Gasteiger partial charge in [0.05, 0.1) is 5.69 Å². The second-order valence-corrected chi connectivity index (χ2v) is 12.8. The lowest BCUT2D eigenvalue weighted by Crippen LogP contribution is -2.10. The van der Waals surface area contributed by atoms with E-state index in [1.165, 1.54) is 64.0 Å². The van der Waals surface area contributed by atoms with E-state index >= 15 is 0 Å². The maximum absolute atomic E-state index is 2.38. The number of hydrogen-bond donors (Lipinski definition) is 0. The number of anilines is 3. The number of hydrogen-bond acceptors (Lipinski definition) is 2. The Morgan fingerprint density at radius 3 is 1.80 bits per heavy atom. The number of benzene rings is 8. The van der Waals surface area contributed by atoms with Crippen molar-refractivity contribution in [1.82, 2.24) is 0 Å². The van der Waals surface area contributed by atoms with Crippen LogP contribution in [0.4, 0.5) is 17.1 Å². The summed E-state index contributed by atoms with van der Waals surface area (Å²) in [6.45, 7) is 0. The molecule has 2 heteroatoms. The van der Waals surface area contributed by atoms with Gasteiger partial charge in [-0.1, -0.05) is 133 Å². The first-order valence-electron chi connectivity index (χ1n) is 15.7. The molecule has 0 fully saturated rings. The zero-order valence-corrected chi connectivity index (χ0v) is 25.9. The van der Waals surface area contributed by atoms with Crippen molar-refractivity contribution in [3.05, 3.63) is 176 Å². The van der Waals surface area contributed by atoms with Crippen molar-refractivity contribution in [2.75, 3.05) is 4.90 Å². The van der Waals surface area contributed by atoms with Crippen LogP contribution >= 0.6 is 11.3 Å². The summed E-state index contributed by atoms with van der Waals surface area (Å²) >= 11 is 1.88. The van der Waals surface area contributed by atoms with Crippen molar-refractivity contribution in [2.24, 2.45) is 0 Å². The average molecular weight is 604 g/mol. The highest BCUT2D eigenvalue weighted by molar-refractivity contribution is 7.26. The molecule has 8 aromatic carbocycles. The van der Waals surface area contributed by atoms with Crippen LogP contribution in [0.2, 0.25) is 0 Å². The molecule has 0 saturated heterocycles. The van der Waals surface area contributed by atoms with Gasteiger partial charge in [-0.05, 0) is 80.9 Å². The first-order chi connectivity index (χ1) is 22.8. The molecule has 0 spiro atoms. The molecule has 0 radical (unpaired) electrons. The summed E-state index contributed by atoms with van der Waals surface area (Å²) in [5.74, 6) is 0. The Kier molecular flexibility index (Phi) is 6.40. The van der Waals surface area contributed by atoms with Gasteiger partial charge >= 0.3 is 0 Å². The molecule has 0 amide bonds.